The van der Waals surface area contributed by atoms with Crippen LogP contribution in [0, 0.1) is 0 Å². The number of hydrogen-bond donors (Lipinski definition) is 3. The molecule has 3 aliphatic rings. The van der Waals surface area contributed by atoms with Crippen LogP contribution in [0.25, 0.3) is 0 Å². The van der Waals surface area contributed by atoms with E-state index in [9.17, 15) is 5.11 Å². The molecular formula is C60H131N3O12. The van der Waals surface area contributed by atoms with Crippen LogP contribution in [-0.2, 0) is 52.1 Å². The van der Waals surface area contributed by atoms with Gasteiger partial charge in [-0.1, -0.05) is 136 Å². The van der Waals surface area contributed by atoms with E-state index >= 15 is 0 Å². The number of aliphatic hydroxyl groups excluding tert-OH is 1. The molecule has 0 aliphatic heterocycles. The third kappa shape index (κ3) is 65.8. The van der Waals surface area contributed by atoms with Crippen molar-refractivity contribution in [1.82, 2.24) is 15.5 Å². The van der Waals surface area contributed by atoms with E-state index in [1.165, 1.54) is 116 Å². The topological polar surface area (TPSA) is 149 Å². The molecule has 3 N–H and O–H groups in total. The summed E-state index contributed by atoms with van der Waals surface area (Å²) in [4.78, 5) is 2.34. The predicted molar refractivity (Wildman–Crippen MR) is 315 cm³/mol. The highest BCUT2D eigenvalue weighted by atomic mass is 16.5. The fraction of sp³-hybridized carbons (Fsp3) is 1.00. The van der Waals surface area contributed by atoms with Crippen LogP contribution in [0.15, 0.2) is 0 Å². The summed E-state index contributed by atoms with van der Waals surface area (Å²) in [5.74, 6) is 0. The Morgan fingerprint density at radius 3 is 0.827 bits per heavy atom. The minimum Gasteiger partial charge on any atom is -0.389 e. The third-order valence-corrected chi connectivity index (χ3v) is 13.0. The Bertz CT molecular complexity index is 859. The summed E-state index contributed by atoms with van der Waals surface area (Å²) in [7, 11) is 8.58. The Hall–Kier alpha value is -0.600. The zero-order valence-corrected chi connectivity index (χ0v) is 52.1. The monoisotopic (exact) mass is 1090 g/mol. The van der Waals surface area contributed by atoms with Gasteiger partial charge in [0, 0.05) is 121 Å². The van der Waals surface area contributed by atoms with Crippen LogP contribution >= 0.6 is 0 Å². The lowest BCUT2D eigenvalue weighted by Crippen LogP contribution is -2.44. The van der Waals surface area contributed by atoms with E-state index in [-0.39, 0.29) is 30.5 Å². The summed E-state index contributed by atoms with van der Waals surface area (Å²) >= 11 is 0. The lowest BCUT2D eigenvalue weighted by molar-refractivity contribution is -0.00691. The van der Waals surface area contributed by atoms with Gasteiger partial charge in [0.2, 0.25) is 0 Å². The Labute approximate surface area is 465 Å². The van der Waals surface area contributed by atoms with E-state index < -0.39 is 6.10 Å². The summed E-state index contributed by atoms with van der Waals surface area (Å²) in [5, 5.41) is 16.6. The van der Waals surface area contributed by atoms with Gasteiger partial charge in [-0.25, -0.2) is 0 Å². The van der Waals surface area contributed by atoms with E-state index in [0.29, 0.717) is 46.2 Å². The quantitative estimate of drug-likeness (QED) is 0.0503. The molecule has 0 bridgehead atoms. The van der Waals surface area contributed by atoms with Crippen LogP contribution < -0.4 is 10.6 Å². The highest BCUT2D eigenvalue weighted by Gasteiger charge is 2.15. The molecule has 3 aliphatic carbocycles. The highest BCUT2D eigenvalue weighted by Crippen LogP contribution is 2.16. The Morgan fingerprint density at radius 1 is 0.333 bits per heavy atom. The average Bonchev–Trinajstić information content (AvgIpc) is 3.47. The average molecular weight is 1090 g/mol. The van der Waals surface area contributed by atoms with E-state index in [1.54, 1.807) is 35.5 Å². The fourth-order valence-electron chi connectivity index (χ4n) is 7.79. The van der Waals surface area contributed by atoms with E-state index in [0.717, 1.165) is 98.2 Å². The van der Waals surface area contributed by atoms with Crippen LogP contribution in [0.3, 0.4) is 0 Å². The number of ether oxygens (including phenoxy) is 11. The van der Waals surface area contributed by atoms with Crippen molar-refractivity contribution in [1.29, 1.82) is 0 Å². The van der Waals surface area contributed by atoms with Crippen molar-refractivity contribution in [2.75, 3.05) is 161 Å². The standard InChI is InChI=1S/C21H47N3O6.3C7H16O2.3C6H12/c1-6-28-16-19(25)13-22-9-11-24(15-21(27-5)18-30-8-3)12-10-23-14-20(26-4)17-29-7-2;3*1-4-7(8-3)6-9-5-2;3*1-2-4-6-5-3-1/h19-23,25H,6-18H2,1-5H3;3*7H,4-6H2,1-3H3;3*1-6H2. The van der Waals surface area contributed by atoms with Crippen molar-refractivity contribution in [2.24, 2.45) is 0 Å². The molecule has 0 aromatic rings. The van der Waals surface area contributed by atoms with Crippen molar-refractivity contribution >= 4 is 0 Å². The first kappa shape index (κ1) is 80.9. The Balaban J connectivity index is -0.000000450. The van der Waals surface area contributed by atoms with Gasteiger partial charge in [-0.2, -0.15) is 0 Å². The number of rotatable bonds is 38. The van der Waals surface area contributed by atoms with Crippen molar-refractivity contribution in [3.8, 4) is 0 Å². The van der Waals surface area contributed by atoms with Gasteiger partial charge in [-0.05, 0) is 60.8 Å². The zero-order chi connectivity index (χ0) is 56.5. The number of nitrogens with zero attached hydrogens (tertiary/aromatic N) is 1. The second kappa shape index (κ2) is 71.4. The molecule has 6 atom stereocenters. The van der Waals surface area contributed by atoms with Gasteiger partial charge >= 0.3 is 0 Å². The molecule has 3 fully saturated rings. The predicted octanol–water partition coefficient (Wildman–Crippen LogP) is 11.3. The first-order valence-corrected chi connectivity index (χ1v) is 30.6. The molecule has 15 heteroatoms. The summed E-state index contributed by atoms with van der Waals surface area (Å²) in [6, 6.07) is 0. The summed E-state index contributed by atoms with van der Waals surface area (Å²) < 4.78 is 57.9. The zero-order valence-electron chi connectivity index (χ0n) is 52.1. The number of hydrogen-bond acceptors (Lipinski definition) is 15. The molecule has 3 saturated carbocycles. The molecule has 0 spiro atoms. The van der Waals surface area contributed by atoms with Crippen molar-refractivity contribution in [3.63, 3.8) is 0 Å². The largest absolute Gasteiger partial charge is 0.389 e. The third-order valence-electron chi connectivity index (χ3n) is 13.0. The highest BCUT2D eigenvalue weighted by molar-refractivity contribution is 4.70. The molecule has 0 saturated heterocycles. The smallest absolute Gasteiger partial charge is 0.0931 e. The molecular weight excluding hydrogens is 955 g/mol. The molecule has 0 aromatic carbocycles. The van der Waals surface area contributed by atoms with Crippen LogP contribution in [0.4, 0.5) is 0 Å². The maximum atomic E-state index is 9.87. The van der Waals surface area contributed by atoms with Gasteiger partial charge in [-0.3, -0.25) is 4.90 Å². The van der Waals surface area contributed by atoms with Crippen LogP contribution in [0.5, 0.6) is 0 Å². The van der Waals surface area contributed by atoms with Crippen molar-refractivity contribution in [2.45, 2.75) is 234 Å². The van der Waals surface area contributed by atoms with Crippen LogP contribution in [0.1, 0.15) is 197 Å². The first-order valence-electron chi connectivity index (χ1n) is 30.6. The second-order valence-corrected chi connectivity index (χ2v) is 19.2. The molecule has 0 radical (unpaired) electrons. The second-order valence-electron chi connectivity index (χ2n) is 19.2. The minimum atomic E-state index is -0.485. The lowest BCUT2D eigenvalue weighted by atomic mass is 10.0. The molecule has 0 amide bonds. The maximum absolute atomic E-state index is 9.87. The number of nitrogens with one attached hydrogen (secondary N) is 2. The van der Waals surface area contributed by atoms with Gasteiger partial charge in [0.25, 0.3) is 0 Å². The van der Waals surface area contributed by atoms with E-state index in [1.807, 2.05) is 41.5 Å². The molecule has 15 nitrogen and oxygen atoms in total. The van der Waals surface area contributed by atoms with Crippen LogP contribution in [0.2, 0.25) is 0 Å². The Kier molecular flexibility index (Phi) is 77.0. The van der Waals surface area contributed by atoms with Crippen molar-refractivity contribution in [3.05, 3.63) is 0 Å². The number of aliphatic hydroxyl groups is 1. The molecule has 458 valence electrons. The lowest BCUT2D eigenvalue weighted by Gasteiger charge is -2.27. The summed E-state index contributed by atoms with van der Waals surface area (Å²) in [6.45, 7) is 31.6. The normalized spacial score (nSPS) is 16.6. The number of methoxy groups -OCH3 is 5. The van der Waals surface area contributed by atoms with Gasteiger partial charge < -0.3 is 67.8 Å². The van der Waals surface area contributed by atoms with E-state index in [2.05, 4.69) is 36.3 Å². The van der Waals surface area contributed by atoms with E-state index in [4.69, 9.17) is 52.1 Å². The minimum absolute atomic E-state index is 0.0261. The molecule has 6 unspecified atom stereocenters. The Morgan fingerprint density at radius 2 is 0.573 bits per heavy atom. The van der Waals surface area contributed by atoms with Gasteiger partial charge in [-0.15, -0.1) is 0 Å². The van der Waals surface area contributed by atoms with Gasteiger partial charge in [0.05, 0.1) is 76.3 Å². The van der Waals surface area contributed by atoms with Gasteiger partial charge in [0.1, 0.15) is 0 Å². The summed E-state index contributed by atoms with van der Waals surface area (Å²) in [6.07, 6.45) is 30.5. The molecule has 3 rings (SSSR count). The first-order chi connectivity index (χ1) is 36.6. The maximum Gasteiger partial charge on any atom is 0.0931 e. The molecule has 0 heterocycles. The van der Waals surface area contributed by atoms with Crippen molar-refractivity contribution < 1.29 is 57.2 Å². The molecule has 0 aromatic heterocycles. The molecule has 75 heavy (non-hydrogen) atoms. The van der Waals surface area contributed by atoms with Crippen LogP contribution in [-0.4, -0.2) is 207 Å². The fourth-order valence-corrected chi connectivity index (χ4v) is 7.79. The summed E-state index contributed by atoms with van der Waals surface area (Å²) in [5.41, 5.74) is 0. The van der Waals surface area contributed by atoms with Gasteiger partial charge in [0.15, 0.2) is 0 Å². The SMILES string of the molecule is C1CCCCC1.C1CCCCC1.C1CCCCC1.CCOCC(CC)OC.CCOCC(CC)OC.CCOCC(CC)OC.CCOCC(O)CNCCN(CCNCC(COCC)OC)CC(COCC)OC.